The van der Waals surface area contributed by atoms with Gasteiger partial charge in [0.25, 0.3) is 0 Å². The maximum Gasteiger partial charge on any atom is 0.349 e. The van der Waals surface area contributed by atoms with E-state index < -0.39 is 0 Å². The van der Waals surface area contributed by atoms with Gasteiger partial charge in [0.05, 0.1) is 20.7 Å². The second-order valence-electron chi connectivity index (χ2n) is 9.94. The first-order valence-corrected chi connectivity index (χ1v) is 12.3. The lowest BCUT2D eigenvalue weighted by Gasteiger charge is -2.53. The Morgan fingerprint density at radius 2 is 1.83 bits per heavy atom. The Bertz CT molecular complexity index is 742. The topological polar surface area (TPSA) is 35.5 Å². The summed E-state index contributed by atoms with van der Waals surface area (Å²) in [7, 11) is 5.98. The fraction of sp³-hybridized carbons (Fsp3) is 0.708. The van der Waals surface area contributed by atoms with E-state index in [4.69, 9.17) is 9.47 Å². The molecule has 0 aromatic heterocycles. The summed E-state index contributed by atoms with van der Waals surface area (Å²) < 4.78 is 12.6. The van der Waals surface area contributed by atoms with Crippen molar-refractivity contribution < 1.29 is 18.8 Å². The summed E-state index contributed by atoms with van der Waals surface area (Å²) in [5.41, 5.74) is 0.719. The Kier molecular flexibility index (Phi) is 6.57. The predicted molar refractivity (Wildman–Crippen MR) is 123 cm³/mol. The van der Waals surface area contributed by atoms with Crippen LogP contribution in [0.3, 0.4) is 0 Å². The summed E-state index contributed by atoms with van der Waals surface area (Å²) in [4.78, 5) is 13.9. The smallest absolute Gasteiger partial charge is 0.349 e. The highest BCUT2D eigenvalue weighted by molar-refractivity contribution is 14.1. The van der Waals surface area contributed by atoms with E-state index in [0.29, 0.717) is 41.3 Å². The van der Waals surface area contributed by atoms with Crippen LogP contribution in [0.15, 0.2) is 18.2 Å². The van der Waals surface area contributed by atoms with Crippen LogP contribution in [0.4, 0.5) is 0 Å². The molecule has 4 aliphatic carbocycles. The van der Waals surface area contributed by atoms with E-state index in [0.717, 1.165) is 21.0 Å². The highest BCUT2D eigenvalue weighted by atomic mass is 127. The molecule has 0 radical (unpaired) electrons. The van der Waals surface area contributed by atoms with Crippen LogP contribution >= 0.6 is 22.6 Å². The minimum atomic E-state index is 0.199. The van der Waals surface area contributed by atoms with Gasteiger partial charge in [0.1, 0.15) is 24.0 Å². The third-order valence-corrected chi connectivity index (χ3v) is 8.39. The van der Waals surface area contributed by atoms with Gasteiger partial charge in [0.2, 0.25) is 0 Å². The molecule has 1 aromatic carbocycles. The zero-order chi connectivity index (χ0) is 20.6. The van der Waals surface area contributed by atoms with Gasteiger partial charge in [-0.1, -0.05) is 12.8 Å². The number of amides is 1. The van der Waals surface area contributed by atoms with E-state index in [1.807, 2.05) is 18.2 Å². The molecule has 4 fully saturated rings. The lowest BCUT2D eigenvalue weighted by atomic mass is 9.58. The standard InChI is InChI=1S/C24H35INO3/c1-26(2,23-18-6-4-5-16-11-17(13-18)14-19(23)12-16)24(27)21-8-7-20(25)15-22(21)29-10-9-28-3/h7-8,15-19,23H,4-6,9-14H2,1-3H3/q+1/t16-,17?,18?,19?,23+/m0/s1. The maximum absolute atomic E-state index is 13.9. The molecule has 5 heteroatoms. The van der Waals surface area contributed by atoms with E-state index >= 15 is 0 Å². The quantitative estimate of drug-likeness (QED) is 0.301. The summed E-state index contributed by atoms with van der Waals surface area (Å²) in [5.74, 6) is 4.07. The first-order valence-electron chi connectivity index (χ1n) is 11.2. The van der Waals surface area contributed by atoms with Crippen molar-refractivity contribution in [3.05, 3.63) is 27.3 Å². The van der Waals surface area contributed by atoms with Gasteiger partial charge in [0, 0.05) is 22.5 Å². The van der Waals surface area contributed by atoms with Crippen LogP contribution < -0.4 is 4.74 Å². The van der Waals surface area contributed by atoms with Crippen molar-refractivity contribution in [3.8, 4) is 5.75 Å². The number of fused-ring (bicyclic) bond motifs is 2. The molecule has 0 spiro atoms. The average Bonchev–Trinajstić information content (AvgIpc) is 2.66. The van der Waals surface area contributed by atoms with Gasteiger partial charge >= 0.3 is 5.91 Å². The lowest BCUT2D eigenvalue weighted by Crippen LogP contribution is -2.62. The van der Waals surface area contributed by atoms with Gasteiger partial charge in [-0.15, -0.1) is 0 Å². The predicted octanol–water partition coefficient (Wildman–Crippen LogP) is 5.14. The number of rotatable bonds is 6. The number of hydrogen-bond acceptors (Lipinski definition) is 3. The fourth-order valence-electron chi connectivity index (χ4n) is 6.76. The number of halogens is 1. The van der Waals surface area contributed by atoms with E-state index in [1.165, 1.54) is 44.9 Å². The molecular weight excluding hydrogens is 477 g/mol. The van der Waals surface area contributed by atoms with Gasteiger partial charge in [-0.2, -0.15) is 0 Å². The SMILES string of the molecule is COCCOc1cc(I)ccc1C(=O)[N+](C)(C)[C@@H]1C2CCC[C@H]3CC(C2)CC1C3. The molecule has 1 amide bonds. The number of carbonyl (C=O) groups is 1. The number of carbonyl (C=O) groups excluding carboxylic acids is 1. The van der Waals surface area contributed by atoms with Gasteiger partial charge in [-0.05, 0) is 84.7 Å². The monoisotopic (exact) mass is 512 g/mol. The van der Waals surface area contributed by atoms with Crippen molar-refractivity contribution in [2.24, 2.45) is 23.7 Å². The molecule has 3 unspecified atom stereocenters. The Morgan fingerprint density at radius 1 is 1.07 bits per heavy atom. The maximum atomic E-state index is 13.9. The second-order valence-corrected chi connectivity index (χ2v) is 11.2. The van der Waals surface area contributed by atoms with Crippen molar-refractivity contribution in [2.45, 2.75) is 51.0 Å². The molecule has 4 bridgehead atoms. The summed E-state index contributed by atoms with van der Waals surface area (Å²) in [6.45, 7) is 0.981. The molecule has 5 rings (SSSR count). The molecule has 0 saturated heterocycles. The van der Waals surface area contributed by atoms with E-state index in [1.54, 1.807) is 7.11 Å². The minimum Gasteiger partial charge on any atom is -0.490 e. The van der Waals surface area contributed by atoms with E-state index in [2.05, 4.69) is 36.7 Å². The Balaban J connectivity index is 1.62. The van der Waals surface area contributed by atoms with Crippen LogP contribution in [0.25, 0.3) is 0 Å². The van der Waals surface area contributed by atoms with Gasteiger partial charge in [-0.3, -0.25) is 4.48 Å². The minimum absolute atomic E-state index is 0.199. The molecule has 5 atom stereocenters. The zero-order valence-corrected chi connectivity index (χ0v) is 20.2. The van der Waals surface area contributed by atoms with Crippen LogP contribution in [0.1, 0.15) is 55.3 Å². The van der Waals surface area contributed by atoms with Crippen LogP contribution in [0.5, 0.6) is 5.75 Å². The summed E-state index contributed by atoms with van der Waals surface area (Å²) in [5, 5.41) is 0. The molecule has 0 N–H and O–H groups in total. The fourth-order valence-corrected chi connectivity index (χ4v) is 7.22. The Labute approximate surface area is 189 Å². The van der Waals surface area contributed by atoms with E-state index in [9.17, 15) is 4.79 Å². The highest BCUT2D eigenvalue weighted by Crippen LogP contribution is 2.52. The number of methoxy groups -OCH3 is 1. The molecule has 4 nitrogen and oxygen atoms in total. The molecule has 0 heterocycles. The van der Waals surface area contributed by atoms with Crippen LogP contribution in [-0.2, 0) is 4.74 Å². The zero-order valence-electron chi connectivity index (χ0n) is 18.0. The number of quaternary nitrogens is 1. The molecule has 0 aliphatic heterocycles. The molecule has 1 aromatic rings. The van der Waals surface area contributed by atoms with Crippen molar-refractivity contribution >= 4 is 28.5 Å². The van der Waals surface area contributed by atoms with Gasteiger partial charge in [0.15, 0.2) is 0 Å². The average molecular weight is 512 g/mol. The molecular formula is C24H35INO3+. The van der Waals surface area contributed by atoms with E-state index in [-0.39, 0.29) is 5.91 Å². The van der Waals surface area contributed by atoms with Crippen molar-refractivity contribution in [3.63, 3.8) is 0 Å². The number of benzene rings is 1. The Morgan fingerprint density at radius 3 is 2.62 bits per heavy atom. The summed E-state index contributed by atoms with van der Waals surface area (Å²) in [6, 6.07) is 6.40. The molecule has 4 aliphatic rings. The number of hydrogen-bond donors (Lipinski definition) is 0. The van der Waals surface area contributed by atoms with Crippen molar-refractivity contribution in [1.29, 1.82) is 0 Å². The molecule has 160 valence electrons. The molecule has 4 saturated carbocycles. The first-order chi connectivity index (χ1) is 13.9. The van der Waals surface area contributed by atoms with Crippen molar-refractivity contribution in [1.82, 2.24) is 0 Å². The number of nitrogens with zero attached hydrogens (tertiary/aromatic N) is 1. The van der Waals surface area contributed by atoms with Gasteiger partial charge < -0.3 is 9.47 Å². The lowest BCUT2D eigenvalue weighted by molar-refractivity contribution is -0.846. The second kappa shape index (κ2) is 8.83. The van der Waals surface area contributed by atoms with Crippen LogP contribution in [-0.4, -0.2) is 50.9 Å². The normalized spacial score (nSPS) is 31.4. The third-order valence-electron chi connectivity index (χ3n) is 7.72. The summed E-state index contributed by atoms with van der Waals surface area (Å²) in [6.07, 6.45) is 9.48. The highest BCUT2D eigenvalue weighted by Gasteiger charge is 2.53. The van der Waals surface area contributed by atoms with Gasteiger partial charge in [-0.25, -0.2) is 4.79 Å². The number of ether oxygens (including phenoxy) is 2. The van der Waals surface area contributed by atoms with Crippen LogP contribution in [0, 0.1) is 27.2 Å². The Hall–Kier alpha value is -0.660. The van der Waals surface area contributed by atoms with Crippen LogP contribution in [0.2, 0.25) is 0 Å². The summed E-state index contributed by atoms with van der Waals surface area (Å²) >= 11 is 2.28. The first kappa shape index (κ1) is 21.6. The largest absolute Gasteiger partial charge is 0.490 e. The van der Waals surface area contributed by atoms with Crippen molar-refractivity contribution in [2.75, 3.05) is 34.4 Å². The third kappa shape index (κ3) is 4.38. The molecule has 29 heavy (non-hydrogen) atoms.